The zero-order valence-corrected chi connectivity index (χ0v) is 13.4. The van der Waals surface area contributed by atoms with Crippen molar-refractivity contribution in [2.45, 2.75) is 18.9 Å². The fourth-order valence-corrected chi connectivity index (χ4v) is 4.44. The smallest absolute Gasteiger partial charge is 0.255 e. The third-order valence-corrected chi connectivity index (χ3v) is 5.75. The van der Waals surface area contributed by atoms with Gasteiger partial charge in [-0.15, -0.1) is 11.3 Å². The topological polar surface area (TPSA) is 20.3 Å². The molecule has 5 heteroatoms. The van der Waals surface area contributed by atoms with Gasteiger partial charge in [-0.3, -0.25) is 4.79 Å². The molecule has 2 aromatic rings. The lowest BCUT2D eigenvalue weighted by molar-refractivity contribution is 0.0736. The van der Waals surface area contributed by atoms with Crippen molar-refractivity contribution in [3.63, 3.8) is 0 Å². The Labute approximate surface area is 128 Å². The van der Waals surface area contributed by atoms with E-state index in [1.54, 1.807) is 22.7 Å². The summed E-state index contributed by atoms with van der Waals surface area (Å²) in [5.74, 6) is 0.183. The van der Waals surface area contributed by atoms with Gasteiger partial charge in [-0.2, -0.15) is 11.3 Å². The quantitative estimate of drug-likeness (QED) is 0.698. The standard InChI is InChI=1S/C13H12INOS2/c14-12-6-10(8-18-12)13(16)15-4-1-2-11(15)9-3-5-17-7-9/h3,5-8,11H,1-2,4H2. The summed E-state index contributed by atoms with van der Waals surface area (Å²) >= 11 is 5.60. The largest absolute Gasteiger partial charge is 0.332 e. The third kappa shape index (κ3) is 2.35. The van der Waals surface area contributed by atoms with Crippen molar-refractivity contribution < 1.29 is 4.79 Å². The van der Waals surface area contributed by atoms with E-state index in [4.69, 9.17) is 0 Å². The van der Waals surface area contributed by atoms with Gasteiger partial charge in [-0.25, -0.2) is 0 Å². The second-order valence-corrected chi connectivity index (χ2v) is 7.94. The number of hydrogen-bond donors (Lipinski definition) is 0. The van der Waals surface area contributed by atoms with Crippen LogP contribution in [0.1, 0.15) is 34.8 Å². The molecule has 0 radical (unpaired) electrons. The molecule has 0 bridgehead atoms. The van der Waals surface area contributed by atoms with Gasteiger partial charge < -0.3 is 4.90 Å². The lowest BCUT2D eigenvalue weighted by Crippen LogP contribution is -2.30. The normalized spacial score (nSPS) is 19.4. The maximum Gasteiger partial charge on any atom is 0.255 e. The average Bonchev–Trinajstić information content (AvgIpc) is 3.08. The minimum atomic E-state index is 0.183. The van der Waals surface area contributed by atoms with Crippen molar-refractivity contribution in [1.29, 1.82) is 0 Å². The predicted molar refractivity (Wildman–Crippen MR) is 84.4 cm³/mol. The molecule has 1 atom stereocenters. The first-order chi connectivity index (χ1) is 8.75. The first-order valence-corrected chi connectivity index (χ1v) is 8.73. The van der Waals surface area contributed by atoms with Gasteiger partial charge in [0, 0.05) is 11.9 Å². The molecule has 0 aromatic carbocycles. The lowest BCUT2D eigenvalue weighted by atomic mass is 10.1. The highest BCUT2D eigenvalue weighted by Crippen LogP contribution is 2.34. The molecule has 0 aliphatic carbocycles. The highest BCUT2D eigenvalue weighted by Gasteiger charge is 2.31. The second kappa shape index (κ2) is 5.30. The number of halogens is 1. The highest BCUT2D eigenvalue weighted by atomic mass is 127. The maximum absolute atomic E-state index is 12.5. The molecule has 3 rings (SSSR count). The summed E-state index contributed by atoms with van der Waals surface area (Å²) < 4.78 is 1.17. The van der Waals surface area contributed by atoms with E-state index in [0.717, 1.165) is 24.9 Å². The van der Waals surface area contributed by atoms with E-state index in [9.17, 15) is 4.79 Å². The summed E-state index contributed by atoms with van der Waals surface area (Å²) in [4.78, 5) is 14.5. The Morgan fingerprint density at radius 2 is 2.33 bits per heavy atom. The van der Waals surface area contributed by atoms with Crippen molar-refractivity contribution in [1.82, 2.24) is 4.90 Å². The summed E-state index contributed by atoms with van der Waals surface area (Å²) in [6, 6.07) is 4.40. The molecule has 0 spiro atoms. The van der Waals surface area contributed by atoms with Gasteiger partial charge in [-0.1, -0.05) is 0 Å². The van der Waals surface area contributed by atoms with Gasteiger partial charge in [0.2, 0.25) is 0 Å². The first-order valence-electron chi connectivity index (χ1n) is 5.83. The molecule has 1 fully saturated rings. The molecular formula is C13H12INOS2. The van der Waals surface area contributed by atoms with Crippen LogP contribution in [-0.4, -0.2) is 17.4 Å². The van der Waals surface area contributed by atoms with Crippen molar-refractivity contribution >= 4 is 51.2 Å². The third-order valence-electron chi connectivity index (χ3n) is 3.26. The van der Waals surface area contributed by atoms with Crippen LogP contribution in [0.25, 0.3) is 0 Å². The summed E-state index contributed by atoms with van der Waals surface area (Å²) in [5.41, 5.74) is 2.13. The molecule has 94 valence electrons. The van der Waals surface area contributed by atoms with Crippen molar-refractivity contribution in [3.8, 4) is 0 Å². The first kappa shape index (κ1) is 12.6. The number of carbonyl (C=O) groups excluding carboxylic acids is 1. The molecular weight excluding hydrogens is 377 g/mol. The lowest BCUT2D eigenvalue weighted by Gasteiger charge is -2.23. The molecule has 1 aliphatic heterocycles. The zero-order chi connectivity index (χ0) is 12.5. The molecule has 18 heavy (non-hydrogen) atoms. The number of nitrogens with zero attached hydrogens (tertiary/aromatic N) is 1. The van der Waals surface area contributed by atoms with Crippen LogP contribution in [0.5, 0.6) is 0 Å². The van der Waals surface area contributed by atoms with E-state index in [2.05, 4.69) is 39.4 Å². The SMILES string of the molecule is O=C(c1csc(I)c1)N1CCCC1c1ccsc1. The van der Waals surface area contributed by atoms with Gasteiger partial charge in [0.15, 0.2) is 0 Å². The van der Waals surface area contributed by atoms with Crippen LogP contribution < -0.4 is 0 Å². The summed E-state index contributed by atoms with van der Waals surface area (Å²) in [6.07, 6.45) is 2.19. The molecule has 3 heterocycles. The Hall–Kier alpha value is -0.400. The number of amides is 1. The number of thiophene rings is 2. The van der Waals surface area contributed by atoms with Crippen LogP contribution >= 0.6 is 45.3 Å². The Bertz CT molecular complexity index is 549. The fraction of sp³-hybridized carbons (Fsp3) is 0.308. The van der Waals surface area contributed by atoms with Crippen molar-refractivity contribution in [3.05, 3.63) is 42.3 Å². The van der Waals surface area contributed by atoms with Gasteiger partial charge in [0.05, 0.1) is 14.5 Å². The molecule has 1 unspecified atom stereocenters. The summed E-state index contributed by atoms with van der Waals surface area (Å²) in [7, 11) is 0. The van der Waals surface area contributed by atoms with E-state index >= 15 is 0 Å². The average molecular weight is 389 g/mol. The maximum atomic E-state index is 12.5. The van der Waals surface area contributed by atoms with Gasteiger partial charge in [-0.05, 0) is 63.9 Å². The Balaban J connectivity index is 1.85. The van der Waals surface area contributed by atoms with Gasteiger partial charge in [0.1, 0.15) is 0 Å². The zero-order valence-electron chi connectivity index (χ0n) is 9.64. The number of carbonyl (C=O) groups is 1. The number of hydrogen-bond acceptors (Lipinski definition) is 3. The van der Waals surface area contributed by atoms with Crippen molar-refractivity contribution in [2.75, 3.05) is 6.54 Å². The Morgan fingerprint density at radius 1 is 1.44 bits per heavy atom. The molecule has 0 saturated carbocycles. The molecule has 2 aromatic heterocycles. The van der Waals surface area contributed by atoms with Gasteiger partial charge >= 0.3 is 0 Å². The van der Waals surface area contributed by atoms with Crippen LogP contribution in [0, 0.1) is 2.88 Å². The van der Waals surface area contributed by atoms with E-state index in [-0.39, 0.29) is 11.9 Å². The minimum absolute atomic E-state index is 0.183. The molecule has 1 amide bonds. The van der Waals surface area contributed by atoms with E-state index in [0.29, 0.717) is 0 Å². The van der Waals surface area contributed by atoms with Crippen LogP contribution in [0.15, 0.2) is 28.3 Å². The summed E-state index contributed by atoms with van der Waals surface area (Å²) in [5, 5.41) is 6.21. The Morgan fingerprint density at radius 3 is 3.00 bits per heavy atom. The minimum Gasteiger partial charge on any atom is -0.332 e. The van der Waals surface area contributed by atoms with E-state index in [1.807, 2.05) is 16.3 Å². The second-order valence-electron chi connectivity index (χ2n) is 4.35. The molecule has 0 N–H and O–H groups in total. The van der Waals surface area contributed by atoms with Gasteiger partial charge in [0.25, 0.3) is 5.91 Å². The fourth-order valence-electron chi connectivity index (χ4n) is 2.41. The number of likely N-dealkylation sites (tertiary alicyclic amines) is 1. The van der Waals surface area contributed by atoms with Crippen LogP contribution in [0.3, 0.4) is 0 Å². The van der Waals surface area contributed by atoms with Crippen molar-refractivity contribution in [2.24, 2.45) is 0 Å². The van der Waals surface area contributed by atoms with Crippen LogP contribution in [0.2, 0.25) is 0 Å². The Kier molecular flexibility index (Phi) is 3.72. The summed E-state index contributed by atoms with van der Waals surface area (Å²) in [6.45, 7) is 0.881. The predicted octanol–water partition coefficient (Wildman–Crippen LogP) is 4.39. The highest BCUT2D eigenvalue weighted by molar-refractivity contribution is 14.1. The molecule has 2 nitrogen and oxygen atoms in total. The monoisotopic (exact) mass is 389 g/mol. The van der Waals surface area contributed by atoms with Crippen LogP contribution in [-0.2, 0) is 0 Å². The van der Waals surface area contributed by atoms with E-state index < -0.39 is 0 Å². The molecule has 1 saturated heterocycles. The van der Waals surface area contributed by atoms with E-state index in [1.165, 1.54) is 8.45 Å². The molecule has 1 aliphatic rings. The number of rotatable bonds is 2. The van der Waals surface area contributed by atoms with Crippen LogP contribution in [0.4, 0.5) is 0 Å².